The maximum Gasteiger partial charge on any atom is 0.100 e. The molecule has 102 valence electrons. The SMILES string of the molecule is CC(C)(C)Nc1ccc2ncn(-c3ccccc3)c2c1. The Morgan fingerprint density at radius 2 is 1.75 bits per heavy atom. The third-order valence-corrected chi connectivity index (χ3v) is 3.10. The summed E-state index contributed by atoms with van der Waals surface area (Å²) in [4.78, 5) is 4.47. The molecule has 3 aromatic rings. The Balaban J connectivity index is 2.09. The summed E-state index contributed by atoms with van der Waals surface area (Å²) in [6, 6.07) is 16.6. The van der Waals surface area contributed by atoms with E-state index in [1.54, 1.807) is 0 Å². The van der Waals surface area contributed by atoms with Crippen LogP contribution in [0.5, 0.6) is 0 Å². The van der Waals surface area contributed by atoms with Crippen LogP contribution < -0.4 is 5.32 Å². The lowest BCUT2D eigenvalue weighted by Gasteiger charge is -2.22. The van der Waals surface area contributed by atoms with E-state index in [-0.39, 0.29) is 5.54 Å². The molecule has 2 aromatic carbocycles. The van der Waals surface area contributed by atoms with Crippen molar-refractivity contribution in [3.8, 4) is 5.69 Å². The van der Waals surface area contributed by atoms with Crippen LogP contribution in [0.15, 0.2) is 54.9 Å². The molecule has 0 radical (unpaired) electrons. The largest absolute Gasteiger partial charge is 0.380 e. The summed E-state index contributed by atoms with van der Waals surface area (Å²) in [5.74, 6) is 0. The Bertz CT molecular complexity index is 721. The summed E-state index contributed by atoms with van der Waals surface area (Å²) < 4.78 is 2.11. The minimum absolute atomic E-state index is 0.0469. The van der Waals surface area contributed by atoms with Crippen molar-refractivity contribution in [2.75, 3.05) is 5.32 Å². The minimum atomic E-state index is 0.0469. The Morgan fingerprint density at radius 1 is 1.00 bits per heavy atom. The lowest BCUT2D eigenvalue weighted by molar-refractivity contribution is 0.634. The molecule has 0 fully saturated rings. The van der Waals surface area contributed by atoms with Crippen LogP contribution in [0, 0.1) is 0 Å². The fourth-order valence-electron chi connectivity index (χ4n) is 2.31. The molecule has 20 heavy (non-hydrogen) atoms. The van der Waals surface area contributed by atoms with Gasteiger partial charge in [0, 0.05) is 16.9 Å². The maximum absolute atomic E-state index is 4.47. The van der Waals surface area contributed by atoms with Gasteiger partial charge in [-0.05, 0) is 51.1 Å². The molecule has 1 aromatic heterocycles. The lowest BCUT2D eigenvalue weighted by Crippen LogP contribution is -2.25. The van der Waals surface area contributed by atoms with Crippen LogP contribution in [0.2, 0.25) is 0 Å². The zero-order valence-corrected chi connectivity index (χ0v) is 12.1. The smallest absolute Gasteiger partial charge is 0.100 e. The van der Waals surface area contributed by atoms with E-state index in [0.717, 1.165) is 22.4 Å². The summed E-state index contributed by atoms with van der Waals surface area (Å²) in [5, 5.41) is 3.50. The van der Waals surface area contributed by atoms with Crippen molar-refractivity contribution in [2.45, 2.75) is 26.3 Å². The molecule has 1 N–H and O–H groups in total. The van der Waals surface area contributed by atoms with E-state index in [1.165, 1.54) is 0 Å². The van der Waals surface area contributed by atoms with Gasteiger partial charge in [-0.2, -0.15) is 0 Å². The van der Waals surface area contributed by atoms with Crippen LogP contribution in [0.25, 0.3) is 16.7 Å². The quantitative estimate of drug-likeness (QED) is 0.751. The second kappa shape index (κ2) is 4.67. The van der Waals surface area contributed by atoms with Crippen molar-refractivity contribution in [3.05, 3.63) is 54.9 Å². The summed E-state index contributed by atoms with van der Waals surface area (Å²) in [6.07, 6.45) is 1.88. The van der Waals surface area contributed by atoms with Gasteiger partial charge in [0.1, 0.15) is 6.33 Å². The van der Waals surface area contributed by atoms with Crippen LogP contribution >= 0.6 is 0 Å². The third kappa shape index (κ3) is 2.52. The number of benzene rings is 2. The van der Waals surface area contributed by atoms with E-state index in [1.807, 2.05) is 24.5 Å². The molecule has 0 spiro atoms. The number of para-hydroxylation sites is 1. The number of aromatic nitrogens is 2. The first-order valence-electron chi connectivity index (χ1n) is 6.84. The number of hydrogen-bond acceptors (Lipinski definition) is 2. The van der Waals surface area contributed by atoms with Crippen molar-refractivity contribution in [1.29, 1.82) is 0 Å². The summed E-state index contributed by atoms with van der Waals surface area (Å²) in [5.41, 5.74) is 4.41. The number of nitrogens with one attached hydrogen (secondary N) is 1. The first-order valence-corrected chi connectivity index (χ1v) is 6.84. The van der Waals surface area contributed by atoms with Crippen molar-refractivity contribution in [3.63, 3.8) is 0 Å². The average molecular weight is 265 g/mol. The normalized spacial score (nSPS) is 11.8. The van der Waals surface area contributed by atoms with Gasteiger partial charge in [-0.15, -0.1) is 0 Å². The second-order valence-electron chi connectivity index (χ2n) is 6.03. The third-order valence-electron chi connectivity index (χ3n) is 3.10. The van der Waals surface area contributed by atoms with Gasteiger partial charge in [0.15, 0.2) is 0 Å². The predicted octanol–water partition coefficient (Wildman–Crippen LogP) is 4.24. The highest BCUT2D eigenvalue weighted by atomic mass is 15.1. The zero-order valence-electron chi connectivity index (χ0n) is 12.1. The van der Waals surface area contributed by atoms with E-state index >= 15 is 0 Å². The van der Waals surface area contributed by atoms with Gasteiger partial charge in [-0.25, -0.2) is 4.98 Å². The highest BCUT2D eigenvalue weighted by molar-refractivity contribution is 5.81. The molecule has 0 bridgehead atoms. The zero-order chi connectivity index (χ0) is 14.2. The van der Waals surface area contributed by atoms with Crippen LogP contribution in [0.3, 0.4) is 0 Å². The molecular formula is C17H19N3. The van der Waals surface area contributed by atoms with Crippen LogP contribution in [0.4, 0.5) is 5.69 Å². The van der Waals surface area contributed by atoms with Crippen LogP contribution in [-0.2, 0) is 0 Å². The van der Waals surface area contributed by atoms with Gasteiger partial charge in [0.05, 0.1) is 11.0 Å². The van der Waals surface area contributed by atoms with E-state index in [4.69, 9.17) is 0 Å². The van der Waals surface area contributed by atoms with E-state index < -0.39 is 0 Å². The van der Waals surface area contributed by atoms with Gasteiger partial charge < -0.3 is 5.32 Å². The molecule has 0 amide bonds. The van der Waals surface area contributed by atoms with E-state index in [9.17, 15) is 0 Å². The van der Waals surface area contributed by atoms with E-state index in [0.29, 0.717) is 0 Å². The van der Waals surface area contributed by atoms with E-state index in [2.05, 4.69) is 66.0 Å². The number of anilines is 1. The first-order chi connectivity index (χ1) is 9.53. The summed E-state index contributed by atoms with van der Waals surface area (Å²) in [6.45, 7) is 6.48. The molecule has 3 rings (SSSR count). The fourth-order valence-corrected chi connectivity index (χ4v) is 2.31. The molecule has 0 saturated carbocycles. The molecule has 0 atom stereocenters. The number of fused-ring (bicyclic) bond motifs is 1. The van der Waals surface area contributed by atoms with Crippen molar-refractivity contribution in [1.82, 2.24) is 9.55 Å². The van der Waals surface area contributed by atoms with Gasteiger partial charge in [-0.1, -0.05) is 18.2 Å². The van der Waals surface area contributed by atoms with Gasteiger partial charge in [-0.3, -0.25) is 4.57 Å². The average Bonchev–Trinajstić information content (AvgIpc) is 2.81. The fraction of sp³-hybridized carbons (Fsp3) is 0.235. The van der Waals surface area contributed by atoms with Crippen molar-refractivity contribution >= 4 is 16.7 Å². The standard InChI is InChI=1S/C17H19N3/c1-17(2,3)19-13-9-10-15-16(11-13)20(12-18-15)14-7-5-4-6-8-14/h4-12,19H,1-3H3. The molecular weight excluding hydrogens is 246 g/mol. The summed E-state index contributed by atoms with van der Waals surface area (Å²) in [7, 11) is 0. The van der Waals surface area contributed by atoms with Crippen molar-refractivity contribution < 1.29 is 0 Å². The monoisotopic (exact) mass is 265 g/mol. The Kier molecular flexibility index (Phi) is 2.97. The number of rotatable bonds is 2. The Labute approximate surface area is 119 Å². The molecule has 0 unspecified atom stereocenters. The van der Waals surface area contributed by atoms with Crippen LogP contribution in [-0.4, -0.2) is 15.1 Å². The molecule has 0 aliphatic carbocycles. The lowest BCUT2D eigenvalue weighted by atomic mass is 10.1. The second-order valence-corrected chi connectivity index (χ2v) is 6.03. The van der Waals surface area contributed by atoms with Gasteiger partial charge in [0.25, 0.3) is 0 Å². The topological polar surface area (TPSA) is 29.9 Å². The molecule has 0 aliphatic heterocycles. The molecule has 0 aliphatic rings. The molecule has 3 nitrogen and oxygen atoms in total. The highest BCUT2D eigenvalue weighted by Crippen LogP contribution is 2.23. The Morgan fingerprint density at radius 3 is 2.45 bits per heavy atom. The Hall–Kier alpha value is -2.29. The minimum Gasteiger partial charge on any atom is -0.380 e. The molecule has 3 heteroatoms. The maximum atomic E-state index is 4.47. The highest BCUT2D eigenvalue weighted by Gasteiger charge is 2.11. The summed E-state index contributed by atoms with van der Waals surface area (Å²) >= 11 is 0. The number of imidazole rings is 1. The first kappa shape index (κ1) is 12.7. The molecule has 1 heterocycles. The number of nitrogens with zero attached hydrogens (tertiary/aromatic N) is 2. The molecule has 0 saturated heterocycles. The van der Waals surface area contributed by atoms with Gasteiger partial charge >= 0.3 is 0 Å². The van der Waals surface area contributed by atoms with Gasteiger partial charge in [0.2, 0.25) is 0 Å². The van der Waals surface area contributed by atoms with Crippen molar-refractivity contribution in [2.24, 2.45) is 0 Å². The predicted molar refractivity (Wildman–Crippen MR) is 84.4 cm³/mol. The van der Waals surface area contributed by atoms with Crippen LogP contribution in [0.1, 0.15) is 20.8 Å². The number of hydrogen-bond donors (Lipinski definition) is 1.